The third-order valence-corrected chi connectivity index (χ3v) is 2.71. The maximum absolute atomic E-state index is 11.2. The Hall–Kier alpha value is -2.18. The van der Waals surface area contributed by atoms with E-state index in [-0.39, 0.29) is 23.5 Å². The van der Waals surface area contributed by atoms with Crippen LogP contribution in [0.2, 0.25) is 0 Å². The van der Waals surface area contributed by atoms with Gasteiger partial charge in [0.25, 0.3) is 0 Å². The van der Waals surface area contributed by atoms with Gasteiger partial charge in [-0.25, -0.2) is 4.98 Å². The van der Waals surface area contributed by atoms with Crippen LogP contribution in [0.25, 0.3) is 0 Å². The summed E-state index contributed by atoms with van der Waals surface area (Å²) in [6, 6.07) is 2.79. The fraction of sp³-hybridized carbons (Fsp3) is 0.538. The molecular formula is C13H19N3O4. The summed E-state index contributed by atoms with van der Waals surface area (Å²) in [6.07, 6.45) is 1.89. The minimum absolute atomic E-state index is 0.0951. The number of rotatable bonds is 6. The van der Waals surface area contributed by atoms with Gasteiger partial charge in [-0.3, -0.25) is 14.9 Å². The van der Waals surface area contributed by atoms with E-state index in [2.05, 4.69) is 10.3 Å². The zero-order valence-electron chi connectivity index (χ0n) is 11.8. The first-order valence-corrected chi connectivity index (χ1v) is 6.27. The van der Waals surface area contributed by atoms with Crippen LogP contribution in [0.15, 0.2) is 18.3 Å². The van der Waals surface area contributed by atoms with E-state index < -0.39 is 16.8 Å². The van der Waals surface area contributed by atoms with Crippen molar-refractivity contribution in [2.24, 2.45) is 11.3 Å². The maximum Gasteiger partial charge on any atom is 0.311 e. The lowest BCUT2D eigenvalue weighted by molar-refractivity contribution is -0.384. The summed E-state index contributed by atoms with van der Waals surface area (Å²) < 4.78 is 0. The lowest BCUT2D eigenvalue weighted by atomic mass is 9.84. The number of nitrogens with zero attached hydrogens (tertiary/aromatic N) is 2. The predicted octanol–water partition coefficient (Wildman–Crippen LogP) is 2.54. The Morgan fingerprint density at radius 3 is 2.70 bits per heavy atom. The number of carbonyl (C=O) groups is 1. The Labute approximate surface area is 117 Å². The fourth-order valence-corrected chi connectivity index (χ4v) is 1.89. The topological polar surface area (TPSA) is 105 Å². The second kappa shape index (κ2) is 6.31. The van der Waals surface area contributed by atoms with Crippen LogP contribution in [0.5, 0.6) is 0 Å². The van der Waals surface area contributed by atoms with Crippen LogP contribution >= 0.6 is 0 Å². The number of hydrogen-bond donors (Lipinski definition) is 2. The lowest BCUT2D eigenvalue weighted by Gasteiger charge is -2.23. The summed E-state index contributed by atoms with van der Waals surface area (Å²) in [5.74, 6) is -1.46. The van der Waals surface area contributed by atoms with Gasteiger partial charge in [-0.1, -0.05) is 20.8 Å². The first-order chi connectivity index (χ1) is 9.20. The number of nitrogens with one attached hydrogen (secondary N) is 1. The fourth-order valence-electron chi connectivity index (χ4n) is 1.89. The second-order valence-corrected chi connectivity index (χ2v) is 5.81. The SMILES string of the molecule is CC(C)(C)CC(CNc1ncccc1[N+](=O)[O-])C(=O)O. The van der Waals surface area contributed by atoms with Gasteiger partial charge in [0.15, 0.2) is 0 Å². The van der Waals surface area contributed by atoms with E-state index >= 15 is 0 Å². The summed E-state index contributed by atoms with van der Waals surface area (Å²) in [5, 5.41) is 22.8. The molecule has 0 saturated heterocycles. The third-order valence-electron chi connectivity index (χ3n) is 2.71. The van der Waals surface area contributed by atoms with Gasteiger partial charge < -0.3 is 10.4 Å². The molecule has 1 atom stereocenters. The van der Waals surface area contributed by atoms with Crippen LogP contribution in [0.3, 0.4) is 0 Å². The Kier molecular flexibility index (Phi) is 5.01. The molecule has 0 bridgehead atoms. The largest absolute Gasteiger partial charge is 0.481 e. The molecule has 1 rings (SSSR count). The minimum Gasteiger partial charge on any atom is -0.481 e. The number of carboxylic acids is 1. The van der Waals surface area contributed by atoms with Crippen molar-refractivity contribution in [3.8, 4) is 0 Å². The van der Waals surface area contributed by atoms with E-state index in [0.717, 1.165) is 0 Å². The molecule has 1 unspecified atom stereocenters. The van der Waals surface area contributed by atoms with Crippen LogP contribution in [-0.2, 0) is 4.79 Å². The van der Waals surface area contributed by atoms with Crippen LogP contribution in [0, 0.1) is 21.4 Å². The molecule has 0 saturated carbocycles. The summed E-state index contributed by atoms with van der Waals surface area (Å²) in [5.41, 5.74) is -0.298. The quantitative estimate of drug-likeness (QED) is 0.613. The molecule has 0 aliphatic carbocycles. The molecule has 0 aliphatic heterocycles. The van der Waals surface area contributed by atoms with Gasteiger partial charge in [-0.05, 0) is 17.9 Å². The average molecular weight is 281 g/mol. The van der Waals surface area contributed by atoms with Crippen molar-refractivity contribution in [1.82, 2.24) is 4.98 Å². The molecule has 110 valence electrons. The number of anilines is 1. The lowest BCUT2D eigenvalue weighted by Crippen LogP contribution is -2.27. The number of aliphatic carboxylic acids is 1. The van der Waals surface area contributed by atoms with Crippen molar-refractivity contribution in [1.29, 1.82) is 0 Å². The smallest absolute Gasteiger partial charge is 0.311 e. The van der Waals surface area contributed by atoms with Crippen molar-refractivity contribution < 1.29 is 14.8 Å². The highest BCUT2D eigenvalue weighted by molar-refractivity contribution is 5.71. The molecule has 7 nitrogen and oxygen atoms in total. The van der Waals surface area contributed by atoms with Crippen molar-refractivity contribution >= 4 is 17.5 Å². The van der Waals surface area contributed by atoms with E-state index in [1.165, 1.54) is 18.3 Å². The van der Waals surface area contributed by atoms with Gasteiger partial charge in [0, 0.05) is 18.8 Å². The summed E-state index contributed by atoms with van der Waals surface area (Å²) in [7, 11) is 0. The number of nitro groups is 1. The third kappa shape index (κ3) is 4.83. The summed E-state index contributed by atoms with van der Waals surface area (Å²) >= 11 is 0. The maximum atomic E-state index is 11.2. The van der Waals surface area contributed by atoms with Crippen LogP contribution in [0.4, 0.5) is 11.5 Å². The van der Waals surface area contributed by atoms with E-state index in [0.29, 0.717) is 6.42 Å². The highest BCUT2D eigenvalue weighted by Crippen LogP contribution is 2.26. The van der Waals surface area contributed by atoms with Crippen LogP contribution in [0.1, 0.15) is 27.2 Å². The van der Waals surface area contributed by atoms with Gasteiger partial charge in [0.1, 0.15) is 0 Å². The molecule has 1 heterocycles. The standard InChI is InChI=1S/C13H19N3O4/c1-13(2,3)7-9(12(17)18)8-15-11-10(16(19)20)5-4-6-14-11/h4-6,9H,7-8H2,1-3H3,(H,14,15)(H,17,18). The minimum atomic E-state index is -0.925. The number of pyridine rings is 1. The van der Waals surface area contributed by atoms with E-state index in [1.54, 1.807) is 0 Å². The van der Waals surface area contributed by atoms with Gasteiger partial charge >= 0.3 is 11.7 Å². The molecule has 0 radical (unpaired) electrons. The first-order valence-electron chi connectivity index (χ1n) is 6.27. The average Bonchev–Trinajstić information content (AvgIpc) is 2.33. The molecule has 0 aliphatic rings. The van der Waals surface area contributed by atoms with E-state index in [4.69, 9.17) is 0 Å². The summed E-state index contributed by atoms with van der Waals surface area (Å²) in [6.45, 7) is 5.95. The molecule has 0 aromatic carbocycles. The molecule has 0 amide bonds. The van der Waals surface area contributed by atoms with Gasteiger partial charge in [0.05, 0.1) is 10.8 Å². The molecular weight excluding hydrogens is 262 g/mol. The zero-order valence-corrected chi connectivity index (χ0v) is 11.8. The Balaban J connectivity index is 2.78. The molecule has 1 aromatic rings. The van der Waals surface area contributed by atoms with Crippen molar-refractivity contribution in [2.75, 3.05) is 11.9 Å². The molecule has 0 spiro atoms. The predicted molar refractivity (Wildman–Crippen MR) is 74.6 cm³/mol. The zero-order chi connectivity index (χ0) is 15.3. The Morgan fingerprint density at radius 2 is 2.20 bits per heavy atom. The normalized spacial score (nSPS) is 12.8. The van der Waals surface area contributed by atoms with Crippen LogP contribution in [-0.4, -0.2) is 27.5 Å². The van der Waals surface area contributed by atoms with E-state index in [1.807, 2.05) is 20.8 Å². The van der Waals surface area contributed by atoms with Gasteiger partial charge in [0.2, 0.25) is 5.82 Å². The van der Waals surface area contributed by atoms with Gasteiger partial charge in [-0.2, -0.15) is 0 Å². The highest BCUT2D eigenvalue weighted by Gasteiger charge is 2.25. The molecule has 20 heavy (non-hydrogen) atoms. The molecule has 2 N–H and O–H groups in total. The number of carboxylic acid groups (broad SMARTS) is 1. The van der Waals surface area contributed by atoms with E-state index in [9.17, 15) is 20.0 Å². The molecule has 0 fully saturated rings. The Morgan fingerprint density at radius 1 is 1.55 bits per heavy atom. The Bertz CT molecular complexity index is 497. The van der Waals surface area contributed by atoms with Crippen molar-refractivity contribution in [2.45, 2.75) is 27.2 Å². The second-order valence-electron chi connectivity index (χ2n) is 5.81. The number of aromatic nitrogens is 1. The molecule has 1 aromatic heterocycles. The summed E-state index contributed by atoms with van der Waals surface area (Å²) in [4.78, 5) is 25.4. The molecule has 7 heteroatoms. The van der Waals surface area contributed by atoms with Crippen LogP contribution < -0.4 is 5.32 Å². The van der Waals surface area contributed by atoms with Crippen molar-refractivity contribution in [3.05, 3.63) is 28.4 Å². The number of hydrogen-bond acceptors (Lipinski definition) is 5. The monoisotopic (exact) mass is 281 g/mol. The van der Waals surface area contributed by atoms with Gasteiger partial charge in [-0.15, -0.1) is 0 Å². The highest BCUT2D eigenvalue weighted by atomic mass is 16.6. The van der Waals surface area contributed by atoms with Crippen molar-refractivity contribution in [3.63, 3.8) is 0 Å². The first kappa shape index (κ1) is 15.9.